The summed E-state index contributed by atoms with van der Waals surface area (Å²) in [4.78, 5) is 17.7. The molecule has 0 bridgehead atoms. The predicted octanol–water partition coefficient (Wildman–Crippen LogP) is 3.79. The Hall–Kier alpha value is -1.60. The molecular weight excluding hydrogens is 318 g/mol. The monoisotopic (exact) mass is 325 g/mol. The first kappa shape index (κ1) is 12.8. The molecule has 2 aromatic rings. The van der Waals surface area contributed by atoms with E-state index in [-0.39, 0.29) is 5.69 Å². The fourth-order valence-corrected chi connectivity index (χ4v) is 1.96. The molecule has 1 heterocycles. The van der Waals surface area contributed by atoms with Crippen molar-refractivity contribution in [2.24, 2.45) is 0 Å². The van der Waals surface area contributed by atoms with Gasteiger partial charge in [0.1, 0.15) is 10.5 Å². The lowest BCUT2D eigenvalue weighted by atomic mass is 10.1. The van der Waals surface area contributed by atoms with Crippen molar-refractivity contribution in [3.8, 4) is 11.4 Å². The number of halogens is 1. The molecule has 1 aromatic heterocycles. The van der Waals surface area contributed by atoms with Gasteiger partial charge in [-0.05, 0) is 28.9 Å². The van der Waals surface area contributed by atoms with E-state index in [2.05, 4.69) is 25.9 Å². The van der Waals surface area contributed by atoms with Crippen LogP contribution in [-0.4, -0.2) is 14.9 Å². The highest BCUT2D eigenvalue weighted by atomic mass is 79.9. The first-order valence-electron chi connectivity index (χ1n) is 5.01. The van der Waals surface area contributed by atoms with Crippen LogP contribution >= 0.6 is 28.1 Å². The van der Waals surface area contributed by atoms with Crippen molar-refractivity contribution in [3.63, 3.8) is 0 Å². The first-order valence-corrected chi connectivity index (χ1v) is 6.21. The quantitative estimate of drug-likeness (QED) is 0.518. The van der Waals surface area contributed by atoms with E-state index >= 15 is 0 Å². The molecule has 5 nitrogen and oxygen atoms in total. The summed E-state index contributed by atoms with van der Waals surface area (Å²) in [6.07, 6.45) is 0. The number of aromatic amines is 1. The van der Waals surface area contributed by atoms with Gasteiger partial charge in [0.2, 0.25) is 0 Å². The summed E-state index contributed by atoms with van der Waals surface area (Å²) in [5.74, 6) is 0.396. The third kappa shape index (κ3) is 2.32. The topological polar surface area (TPSA) is 71.8 Å². The minimum atomic E-state index is -0.439. The molecule has 0 aliphatic rings. The Bertz CT molecular complexity index is 684. The molecule has 92 valence electrons. The zero-order valence-electron chi connectivity index (χ0n) is 9.31. The second-order valence-electron chi connectivity index (χ2n) is 3.60. The smallest absolute Gasteiger partial charge is 0.280 e. The molecule has 0 amide bonds. The molecule has 0 atom stereocenters. The summed E-state index contributed by atoms with van der Waals surface area (Å²) >= 11 is 8.39. The van der Waals surface area contributed by atoms with E-state index in [1.54, 1.807) is 18.2 Å². The van der Waals surface area contributed by atoms with E-state index in [1.807, 2.05) is 6.92 Å². The van der Waals surface area contributed by atoms with Crippen molar-refractivity contribution in [2.45, 2.75) is 6.92 Å². The molecule has 0 aliphatic heterocycles. The number of hydrogen-bond acceptors (Lipinski definition) is 4. The van der Waals surface area contributed by atoms with Gasteiger partial charge in [-0.1, -0.05) is 24.4 Å². The molecule has 0 saturated carbocycles. The van der Waals surface area contributed by atoms with Crippen LogP contribution in [0.3, 0.4) is 0 Å². The highest BCUT2D eigenvalue weighted by molar-refractivity contribution is 9.10. The number of para-hydroxylation sites is 1. The van der Waals surface area contributed by atoms with Gasteiger partial charge < -0.3 is 4.98 Å². The van der Waals surface area contributed by atoms with Crippen LogP contribution in [0.15, 0.2) is 28.7 Å². The third-order valence-electron chi connectivity index (χ3n) is 2.39. The van der Waals surface area contributed by atoms with Crippen LogP contribution in [0, 0.1) is 21.7 Å². The normalized spacial score (nSPS) is 10.3. The molecule has 18 heavy (non-hydrogen) atoms. The van der Waals surface area contributed by atoms with Gasteiger partial charge >= 0.3 is 0 Å². The van der Waals surface area contributed by atoms with Crippen molar-refractivity contribution in [1.82, 2.24) is 9.97 Å². The highest BCUT2D eigenvalue weighted by Crippen LogP contribution is 2.28. The Morgan fingerprint density at radius 3 is 2.72 bits per heavy atom. The second-order valence-corrected chi connectivity index (χ2v) is 4.78. The molecule has 1 N–H and O–H groups in total. The van der Waals surface area contributed by atoms with E-state index in [4.69, 9.17) is 12.2 Å². The molecule has 0 radical (unpaired) electrons. The lowest BCUT2D eigenvalue weighted by Gasteiger charge is -2.05. The maximum atomic E-state index is 11.0. The fraction of sp³-hybridized carbons (Fsp3) is 0.0909. The Labute approximate surface area is 116 Å². The average Bonchev–Trinajstić information content (AvgIpc) is 2.35. The van der Waals surface area contributed by atoms with Crippen molar-refractivity contribution in [1.29, 1.82) is 0 Å². The van der Waals surface area contributed by atoms with Crippen molar-refractivity contribution in [3.05, 3.63) is 49.2 Å². The Kier molecular flexibility index (Phi) is 3.53. The molecule has 0 fully saturated rings. The minimum absolute atomic E-state index is 0.00243. The number of nitro groups is 1. The first-order chi connectivity index (χ1) is 8.50. The van der Waals surface area contributed by atoms with Gasteiger partial charge in [0, 0.05) is 11.8 Å². The average molecular weight is 326 g/mol. The molecule has 0 saturated heterocycles. The SMILES string of the molecule is Cc1[nH]c(-c2ccccc2[N+](=O)[O-])nc(=S)c1Br. The number of benzene rings is 1. The third-order valence-corrected chi connectivity index (χ3v) is 3.92. The lowest BCUT2D eigenvalue weighted by Crippen LogP contribution is -1.98. The fourth-order valence-electron chi connectivity index (χ4n) is 1.53. The summed E-state index contributed by atoms with van der Waals surface area (Å²) in [5.41, 5.74) is 1.20. The molecule has 2 rings (SSSR count). The maximum Gasteiger partial charge on any atom is 0.280 e. The van der Waals surface area contributed by atoms with Crippen molar-refractivity contribution >= 4 is 33.8 Å². The van der Waals surface area contributed by atoms with Gasteiger partial charge in [0.15, 0.2) is 0 Å². The van der Waals surface area contributed by atoms with E-state index in [0.29, 0.717) is 20.5 Å². The second kappa shape index (κ2) is 4.95. The minimum Gasteiger partial charge on any atom is -0.342 e. The van der Waals surface area contributed by atoms with Crippen molar-refractivity contribution in [2.75, 3.05) is 0 Å². The van der Waals surface area contributed by atoms with Crippen LogP contribution in [0.2, 0.25) is 0 Å². The number of rotatable bonds is 2. The molecule has 0 aliphatic carbocycles. The van der Waals surface area contributed by atoms with Gasteiger partial charge in [0.25, 0.3) is 5.69 Å². The molecule has 0 spiro atoms. The summed E-state index contributed by atoms with van der Waals surface area (Å²) in [6, 6.07) is 6.41. The van der Waals surface area contributed by atoms with Crippen molar-refractivity contribution < 1.29 is 4.92 Å². The molecular formula is C11H8BrN3O2S. The lowest BCUT2D eigenvalue weighted by molar-refractivity contribution is -0.384. The number of aromatic nitrogens is 2. The summed E-state index contributed by atoms with van der Waals surface area (Å²) in [5, 5.41) is 11.0. The number of H-pyrrole nitrogens is 1. The molecule has 0 unspecified atom stereocenters. The van der Waals surface area contributed by atoms with Gasteiger partial charge in [-0.15, -0.1) is 0 Å². The summed E-state index contributed by atoms with van der Waals surface area (Å²) < 4.78 is 1.07. The number of nitrogens with zero attached hydrogens (tertiary/aromatic N) is 2. The van der Waals surface area contributed by atoms with E-state index in [0.717, 1.165) is 5.69 Å². The van der Waals surface area contributed by atoms with Gasteiger partial charge in [-0.25, -0.2) is 4.98 Å². The Balaban J connectivity index is 2.70. The molecule has 1 aromatic carbocycles. The Morgan fingerprint density at radius 1 is 1.44 bits per heavy atom. The van der Waals surface area contributed by atoms with E-state index in [1.165, 1.54) is 6.07 Å². The van der Waals surface area contributed by atoms with Crippen LogP contribution in [0.25, 0.3) is 11.4 Å². The van der Waals surface area contributed by atoms with Crippen LogP contribution < -0.4 is 0 Å². The summed E-state index contributed by atoms with van der Waals surface area (Å²) in [7, 11) is 0. The standard InChI is InChI=1S/C11H8BrN3O2S/c1-6-9(12)11(18)14-10(13-6)7-4-2-3-5-8(7)15(16)17/h2-5H,1H3,(H,13,14,18). The van der Waals surface area contributed by atoms with Gasteiger partial charge in [-0.3, -0.25) is 10.1 Å². The van der Waals surface area contributed by atoms with Crippen LogP contribution in [-0.2, 0) is 0 Å². The van der Waals surface area contributed by atoms with E-state index < -0.39 is 4.92 Å². The van der Waals surface area contributed by atoms with Gasteiger partial charge in [-0.2, -0.15) is 0 Å². The van der Waals surface area contributed by atoms with Crippen LogP contribution in [0.5, 0.6) is 0 Å². The van der Waals surface area contributed by atoms with Crippen LogP contribution in [0.4, 0.5) is 5.69 Å². The zero-order chi connectivity index (χ0) is 13.3. The maximum absolute atomic E-state index is 11.0. The van der Waals surface area contributed by atoms with Gasteiger partial charge in [0.05, 0.1) is 15.0 Å². The number of nitrogens with one attached hydrogen (secondary N) is 1. The zero-order valence-corrected chi connectivity index (χ0v) is 11.7. The number of nitro benzene ring substituents is 1. The highest BCUT2D eigenvalue weighted by Gasteiger charge is 2.16. The summed E-state index contributed by atoms with van der Waals surface area (Å²) in [6.45, 7) is 1.82. The Morgan fingerprint density at radius 2 is 2.11 bits per heavy atom. The van der Waals surface area contributed by atoms with Crippen LogP contribution in [0.1, 0.15) is 5.69 Å². The number of hydrogen-bond donors (Lipinski definition) is 1. The predicted molar refractivity (Wildman–Crippen MR) is 73.9 cm³/mol. The van der Waals surface area contributed by atoms with E-state index in [9.17, 15) is 10.1 Å². The molecule has 7 heteroatoms. The number of aryl methyl sites for hydroxylation is 1. The largest absolute Gasteiger partial charge is 0.342 e.